The largest absolute Gasteiger partial charge is 0.466 e. The molecule has 1 aliphatic heterocycles. The van der Waals surface area contributed by atoms with E-state index >= 15 is 0 Å². The van der Waals surface area contributed by atoms with Gasteiger partial charge in [-0.1, -0.05) is 6.92 Å². The molecule has 0 radical (unpaired) electrons. The minimum absolute atomic E-state index is 0.244. The third-order valence-electron chi connectivity index (χ3n) is 4.57. The topological polar surface area (TPSA) is 80.4 Å². The summed E-state index contributed by atoms with van der Waals surface area (Å²) in [4.78, 5) is 2.41. The normalized spacial score (nSPS) is 16.8. The molecule has 138 valence electrons. The molecule has 3 heterocycles. The Kier molecular flexibility index (Phi) is 5.31. The highest BCUT2D eigenvalue weighted by Gasteiger charge is 2.20. The van der Waals surface area contributed by atoms with E-state index in [0.29, 0.717) is 5.92 Å². The van der Waals surface area contributed by atoms with Crippen molar-refractivity contribution in [3.8, 4) is 0 Å². The molecular weight excluding hydrogens is 340 g/mol. The molecule has 1 N–H and O–H groups in total. The zero-order valence-corrected chi connectivity index (χ0v) is 15.8. The van der Waals surface area contributed by atoms with E-state index in [1.165, 1.54) is 0 Å². The number of sulfonamides is 1. The van der Waals surface area contributed by atoms with Crippen LogP contribution in [0.3, 0.4) is 0 Å². The average Bonchev–Trinajstić information content (AvgIpc) is 3.15. The Morgan fingerprint density at radius 1 is 1.36 bits per heavy atom. The number of furan rings is 1. The van der Waals surface area contributed by atoms with E-state index in [-0.39, 0.29) is 6.54 Å². The molecule has 0 fully saturated rings. The van der Waals surface area contributed by atoms with Gasteiger partial charge >= 0.3 is 0 Å². The van der Waals surface area contributed by atoms with Gasteiger partial charge in [0.2, 0.25) is 10.0 Å². The fraction of sp³-hybridized carbons (Fsp3) is 0.588. The molecule has 7 nitrogen and oxygen atoms in total. The maximum Gasteiger partial charge on any atom is 0.209 e. The van der Waals surface area contributed by atoms with Crippen LogP contribution in [0.25, 0.3) is 0 Å². The summed E-state index contributed by atoms with van der Waals surface area (Å²) in [6.07, 6.45) is 2.20. The maximum atomic E-state index is 11.2. The molecule has 2 aromatic heterocycles. The molecule has 0 amide bonds. The van der Waals surface area contributed by atoms with Crippen molar-refractivity contribution in [1.29, 1.82) is 0 Å². The van der Waals surface area contributed by atoms with Crippen LogP contribution in [0.15, 0.2) is 22.6 Å². The predicted octanol–water partition coefficient (Wildman–Crippen LogP) is 1.84. The lowest BCUT2D eigenvalue weighted by atomic mass is 10.0. The van der Waals surface area contributed by atoms with Crippen molar-refractivity contribution in [1.82, 2.24) is 19.4 Å². The molecule has 0 saturated heterocycles. The Labute approximate surface area is 149 Å². The fourth-order valence-corrected chi connectivity index (χ4v) is 3.51. The molecule has 0 aromatic carbocycles. The summed E-state index contributed by atoms with van der Waals surface area (Å²) in [5, 5.41) is 4.48. The van der Waals surface area contributed by atoms with Crippen molar-refractivity contribution in [2.24, 2.45) is 0 Å². The summed E-state index contributed by atoms with van der Waals surface area (Å²) in [6.45, 7) is 8.05. The quantitative estimate of drug-likeness (QED) is 0.809. The van der Waals surface area contributed by atoms with Crippen LogP contribution in [-0.4, -0.2) is 42.4 Å². The predicted molar refractivity (Wildman–Crippen MR) is 95.7 cm³/mol. The van der Waals surface area contributed by atoms with Crippen LogP contribution < -0.4 is 4.72 Å². The SMILES string of the molecule is Cc1ccc(C(C)CCN2CCn3nc(CNS(C)(=O)=O)cc3C2)o1. The van der Waals surface area contributed by atoms with Crippen LogP contribution in [0, 0.1) is 6.92 Å². The van der Waals surface area contributed by atoms with Gasteiger partial charge in [-0.25, -0.2) is 13.1 Å². The van der Waals surface area contributed by atoms with E-state index in [4.69, 9.17) is 4.42 Å². The van der Waals surface area contributed by atoms with E-state index in [0.717, 1.165) is 61.8 Å². The van der Waals surface area contributed by atoms with Crippen molar-refractivity contribution in [2.75, 3.05) is 19.3 Å². The van der Waals surface area contributed by atoms with E-state index in [2.05, 4.69) is 27.7 Å². The van der Waals surface area contributed by atoms with Crippen LogP contribution in [0.4, 0.5) is 0 Å². The smallest absolute Gasteiger partial charge is 0.209 e. The standard InChI is InChI=1S/C17H26N4O3S/c1-13(17-5-4-14(2)24-17)6-7-20-8-9-21-16(12-20)10-15(19-21)11-18-25(3,22)23/h4-5,10,13,18H,6-9,11-12H2,1-3H3. The fourth-order valence-electron chi connectivity index (χ4n) is 3.10. The van der Waals surface area contributed by atoms with Crippen LogP contribution in [-0.2, 0) is 29.7 Å². The molecule has 3 rings (SSSR count). The second-order valence-electron chi connectivity index (χ2n) is 6.86. The van der Waals surface area contributed by atoms with Gasteiger partial charge in [0.25, 0.3) is 0 Å². The zero-order valence-electron chi connectivity index (χ0n) is 15.0. The molecular formula is C17H26N4O3S. The number of nitrogens with one attached hydrogen (secondary N) is 1. The maximum absolute atomic E-state index is 11.2. The third-order valence-corrected chi connectivity index (χ3v) is 5.24. The Bertz CT molecular complexity index is 825. The molecule has 25 heavy (non-hydrogen) atoms. The number of hydrogen-bond donors (Lipinski definition) is 1. The third kappa shape index (κ3) is 4.93. The molecule has 0 bridgehead atoms. The highest BCUT2D eigenvalue weighted by Crippen LogP contribution is 2.23. The van der Waals surface area contributed by atoms with Crippen molar-refractivity contribution >= 4 is 10.0 Å². The van der Waals surface area contributed by atoms with Gasteiger partial charge in [-0.05, 0) is 38.1 Å². The highest BCUT2D eigenvalue weighted by atomic mass is 32.2. The zero-order chi connectivity index (χ0) is 18.0. The van der Waals surface area contributed by atoms with Crippen molar-refractivity contribution in [3.05, 3.63) is 41.1 Å². The second kappa shape index (κ2) is 7.31. The molecule has 0 saturated carbocycles. The Balaban J connectivity index is 1.53. The number of fused-ring (bicyclic) bond motifs is 1. The van der Waals surface area contributed by atoms with Gasteiger partial charge < -0.3 is 4.42 Å². The van der Waals surface area contributed by atoms with Gasteiger partial charge in [0, 0.05) is 19.0 Å². The minimum atomic E-state index is -3.20. The lowest BCUT2D eigenvalue weighted by Gasteiger charge is -2.28. The number of aromatic nitrogens is 2. The van der Waals surface area contributed by atoms with E-state index in [1.807, 2.05) is 23.7 Å². The van der Waals surface area contributed by atoms with Gasteiger partial charge in [-0.3, -0.25) is 9.58 Å². The molecule has 8 heteroatoms. The second-order valence-corrected chi connectivity index (χ2v) is 8.69. The van der Waals surface area contributed by atoms with E-state index in [1.54, 1.807) is 0 Å². The molecule has 0 aliphatic carbocycles. The van der Waals surface area contributed by atoms with Gasteiger partial charge in [0.1, 0.15) is 11.5 Å². The van der Waals surface area contributed by atoms with Gasteiger partial charge in [-0.2, -0.15) is 5.10 Å². The first-order valence-corrected chi connectivity index (χ1v) is 10.5. The summed E-state index contributed by atoms with van der Waals surface area (Å²) in [5.41, 5.74) is 1.90. The summed E-state index contributed by atoms with van der Waals surface area (Å²) in [7, 11) is -3.20. The highest BCUT2D eigenvalue weighted by molar-refractivity contribution is 7.88. The molecule has 1 aliphatic rings. The summed E-state index contributed by atoms with van der Waals surface area (Å²) >= 11 is 0. The minimum Gasteiger partial charge on any atom is -0.466 e. The first kappa shape index (κ1) is 18.2. The number of rotatable bonds is 7. The summed E-state index contributed by atoms with van der Waals surface area (Å²) in [6, 6.07) is 6.06. The van der Waals surface area contributed by atoms with Crippen molar-refractivity contribution in [2.45, 2.75) is 45.8 Å². The monoisotopic (exact) mass is 366 g/mol. The summed E-state index contributed by atoms with van der Waals surface area (Å²) in [5.74, 6) is 2.41. The molecule has 1 unspecified atom stereocenters. The molecule has 1 atom stereocenters. The van der Waals surface area contributed by atoms with Crippen molar-refractivity contribution < 1.29 is 12.8 Å². The Morgan fingerprint density at radius 3 is 2.84 bits per heavy atom. The van der Waals surface area contributed by atoms with Crippen LogP contribution >= 0.6 is 0 Å². The Hall–Kier alpha value is -1.64. The lowest BCUT2D eigenvalue weighted by molar-refractivity contribution is 0.204. The van der Waals surface area contributed by atoms with Gasteiger partial charge in [0.05, 0.1) is 30.7 Å². The Morgan fingerprint density at radius 2 is 2.16 bits per heavy atom. The summed E-state index contributed by atoms with van der Waals surface area (Å²) < 4.78 is 32.6. The molecule has 2 aromatic rings. The van der Waals surface area contributed by atoms with Crippen LogP contribution in [0.1, 0.15) is 42.2 Å². The lowest BCUT2D eigenvalue weighted by Crippen LogP contribution is -2.34. The van der Waals surface area contributed by atoms with Gasteiger partial charge in [0.15, 0.2) is 0 Å². The first-order chi connectivity index (χ1) is 11.8. The number of aryl methyl sites for hydroxylation is 1. The number of hydrogen-bond acceptors (Lipinski definition) is 5. The van der Waals surface area contributed by atoms with Crippen molar-refractivity contribution in [3.63, 3.8) is 0 Å². The number of nitrogens with zero attached hydrogens (tertiary/aromatic N) is 3. The van der Waals surface area contributed by atoms with Crippen LogP contribution in [0.5, 0.6) is 0 Å². The first-order valence-electron chi connectivity index (χ1n) is 8.59. The van der Waals surface area contributed by atoms with Crippen LogP contribution in [0.2, 0.25) is 0 Å². The molecule has 0 spiro atoms. The van der Waals surface area contributed by atoms with E-state index in [9.17, 15) is 8.42 Å². The van der Waals surface area contributed by atoms with E-state index < -0.39 is 10.0 Å². The average molecular weight is 366 g/mol. The van der Waals surface area contributed by atoms with Gasteiger partial charge in [-0.15, -0.1) is 0 Å².